The van der Waals surface area contributed by atoms with Crippen molar-refractivity contribution in [2.45, 2.75) is 20.3 Å². The molecular weight excluding hydrogens is 346 g/mol. The molecular formula is C20H19N3O2S. The minimum atomic E-state index is -0.216. The predicted octanol–water partition coefficient (Wildman–Crippen LogP) is 4.19. The van der Waals surface area contributed by atoms with Crippen LogP contribution in [0.2, 0.25) is 0 Å². The van der Waals surface area contributed by atoms with Crippen molar-refractivity contribution < 1.29 is 9.59 Å². The van der Waals surface area contributed by atoms with Crippen LogP contribution in [0.15, 0.2) is 53.9 Å². The van der Waals surface area contributed by atoms with Gasteiger partial charge in [-0.2, -0.15) is 0 Å². The third-order valence-electron chi connectivity index (χ3n) is 4.03. The van der Waals surface area contributed by atoms with Crippen LogP contribution in [-0.2, 0) is 11.2 Å². The summed E-state index contributed by atoms with van der Waals surface area (Å²) in [5.74, 6) is -0.351. The quantitative estimate of drug-likeness (QED) is 0.712. The van der Waals surface area contributed by atoms with Crippen LogP contribution in [0.25, 0.3) is 0 Å². The molecule has 132 valence electrons. The van der Waals surface area contributed by atoms with Gasteiger partial charge in [0.1, 0.15) is 0 Å². The fraction of sp³-hybridized carbons (Fsp3) is 0.150. The van der Waals surface area contributed by atoms with Crippen LogP contribution in [0, 0.1) is 13.8 Å². The Kier molecular flexibility index (Phi) is 5.43. The monoisotopic (exact) mass is 365 g/mol. The second-order valence-corrected chi connectivity index (χ2v) is 6.79. The Balaban J connectivity index is 1.60. The van der Waals surface area contributed by atoms with Crippen LogP contribution >= 0.6 is 11.3 Å². The fourth-order valence-corrected chi connectivity index (χ4v) is 3.16. The Labute approximate surface area is 156 Å². The van der Waals surface area contributed by atoms with E-state index < -0.39 is 0 Å². The summed E-state index contributed by atoms with van der Waals surface area (Å²) in [4.78, 5) is 28.7. The van der Waals surface area contributed by atoms with Crippen molar-refractivity contribution in [1.82, 2.24) is 4.98 Å². The Bertz CT molecular complexity index is 935. The lowest BCUT2D eigenvalue weighted by molar-refractivity contribution is -0.115. The number of rotatable bonds is 5. The van der Waals surface area contributed by atoms with Gasteiger partial charge in [0, 0.05) is 16.6 Å². The second-order valence-electron chi connectivity index (χ2n) is 5.94. The molecule has 5 nitrogen and oxygen atoms in total. The number of benzene rings is 2. The highest BCUT2D eigenvalue weighted by atomic mass is 32.1. The number of amides is 2. The molecule has 0 unspecified atom stereocenters. The Morgan fingerprint density at radius 2 is 1.77 bits per heavy atom. The van der Waals surface area contributed by atoms with Gasteiger partial charge in [0.15, 0.2) is 5.13 Å². The van der Waals surface area contributed by atoms with E-state index in [0.717, 1.165) is 16.8 Å². The minimum Gasteiger partial charge on any atom is -0.325 e. The van der Waals surface area contributed by atoms with Gasteiger partial charge in [-0.05, 0) is 43.2 Å². The van der Waals surface area contributed by atoms with Gasteiger partial charge in [-0.3, -0.25) is 14.9 Å². The molecule has 3 aromatic rings. The first-order valence-corrected chi connectivity index (χ1v) is 9.08. The topological polar surface area (TPSA) is 71.1 Å². The Morgan fingerprint density at radius 3 is 2.54 bits per heavy atom. The zero-order valence-corrected chi connectivity index (χ0v) is 15.4. The molecule has 2 amide bonds. The van der Waals surface area contributed by atoms with Gasteiger partial charge < -0.3 is 5.32 Å². The van der Waals surface area contributed by atoms with Crippen LogP contribution in [-0.4, -0.2) is 16.8 Å². The van der Waals surface area contributed by atoms with E-state index in [1.807, 2.05) is 38.1 Å². The highest BCUT2D eigenvalue weighted by Crippen LogP contribution is 2.20. The van der Waals surface area contributed by atoms with Crippen molar-refractivity contribution >= 4 is 34.0 Å². The minimum absolute atomic E-state index is 0.134. The van der Waals surface area contributed by atoms with Crippen molar-refractivity contribution in [2.75, 3.05) is 10.6 Å². The number of nitrogens with zero attached hydrogens (tertiary/aromatic N) is 1. The second kappa shape index (κ2) is 7.93. The molecule has 0 fully saturated rings. The number of thiazole rings is 1. The number of hydrogen-bond donors (Lipinski definition) is 2. The lowest BCUT2D eigenvalue weighted by Crippen LogP contribution is -2.16. The van der Waals surface area contributed by atoms with Crippen molar-refractivity contribution in [2.24, 2.45) is 0 Å². The summed E-state index contributed by atoms with van der Waals surface area (Å²) in [7, 11) is 0. The Hall–Kier alpha value is -2.99. The molecule has 1 aromatic heterocycles. The summed E-state index contributed by atoms with van der Waals surface area (Å²) in [6.07, 6.45) is 0.158. The largest absolute Gasteiger partial charge is 0.325 e. The Morgan fingerprint density at radius 1 is 1.00 bits per heavy atom. The highest BCUT2D eigenvalue weighted by Gasteiger charge is 2.12. The van der Waals surface area contributed by atoms with Crippen LogP contribution in [0.4, 0.5) is 10.8 Å². The number of carbonyl (C=O) groups is 2. The van der Waals surface area contributed by atoms with Gasteiger partial charge in [0.25, 0.3) is 5.91 Å². The van der Waals surface area contributed by atoms with Gasteiger partial charge in [-0.15, -0.1) is 11.3 Å². The first-order valence-electron chi connectivity index (χ1n) is 8.20. The number of carbonyl (C=O) groups excluding carboxylic acids is 2. The van der Waals surface area contributed by atoms with E-state index in [0.29, 0.717) is 16.4 Å². The lowest BCUT2D eigenvalue weighted by Gasteiger charge is -2.09. The van der Waals surface area contributed by atoms with E-state index >= 15 is 0 Å². The van der Waals surface area contributed by atoms with E-state index in [1.54, 1.807) is 29.6 Å². The SMILES string of the molecule is Cc1cccc(NC(=O)Cc2csc(NC(=O)c3ccccc3)n2)c1C. The molecule has 0 saturated heterocycles. The zero-order valence-electron chi connectivity index (χ0n) is 14.6. The van der Waals surface area contributed by atoms with E-state index in [4.69, 9.17) is 0 Å². The van der Waals surface area contributed by atoms with E-state index in [-0.39, 0.29) is 18.2 Å². The number of aryl methyl sites for hydroxylation is 1. The van der Waals surface area contributed by atoms with Gasteiger partial charge in [-0.1, -0.05) is 30.3 Å². The van der Waals surface area contributed by atoms with Crippen LogP contribution < -0.4 is 10.6 Å². The van der Waals surface area contributed by atoms with E-state index in [2.05, 4.69) is 15.6 Å². The van der Waals surface area contributed by atoms with Crippen molar-refractivity contribution in [3.05, 3.63) is 76.3 Å². The van der Waals surface area contributed by atoms with Crippen LogP contribution in [0.5, 0.6) is 0 Å². The smallest absolute Gasteiger partial charge is 0.257 e. The third-order valence-corrected chi connectivity index (χ3v) is 4.84. The fourth-order valence-electron chi connectivity index (χ4n) is 2.45. The highest BCUT2D eigenvalue weighted by molar-refractivity contribution is 7.14. The van der Waals surface area contributed by atoms with Crippen molar-refractivity contribution in [3.8, 4) is 0 Å². The molecule has 26 heavy (non-hydrogen) atoms. The summed E-state index contributed by atoms with van der Waals surface area (Å²) in [5.41, 5.74) is 4.18. The lowest BCUT2D eigenvalue weighted by atomic mass is 10.1. The molecule has 0 spiro atoms. The number of hydrogen-bond acceptors (Lipinski definition) is 4. The van der Waals surface area contributed by atoms with Crippen molar-refractivity contribution in [3.63, 3.8) is 0 Å². The first-order chi connectivity index (χ1) is 12.5. The number of nitrogens with one attached hydrogen (secondary N) is 2. The molecule has 3 rings (SSSR count). The molecule has 2 N–H and O–H groups in total. The van der Waals surface area contributed by atoms with Crippen LogP contribution in [0.1, 0.15) is 27.2 Å². The summed E-state index contributed by atoms with van der Waals surface area (Å²) in [6.45, 7) is 3.98. The first kappa shape index (κ1) is 17.8. The summed E-state index contributed by atoms with van der Waals surface area (Å²) < 4.78 is 0. The van der Waals surface area contributed by atoms with Gasteiger partial charge in [0.2, 0.25) is 5.91 Å². The molecule has 1 heterocycles. The molecule has 0 saturated carbocycles. The normalized spacial score (nSPS) is 10.4. The van der Waals surface area contributed by atoms with Gasteiger partial charge in [-0.25, -0.2) is 4.98 Å². The molecule has 6 heteroatoms. The maximum absolute atomic E-state index is 12.3. The molecule has 0 aliphatic heterocycles. The van der Waals surface area contributed by atoms with E-state index in [1.165, 1.54) is 11.3 Å². The average molecular weight is 365 g/mol. The van der Waals surface area contributed by atoms with Gasteiger partial charge in [0.05, 0.1) is 12.1 Å². The third kappa shape index (κ3) is 4.34. The molecule has 0 radical (unpaired) electrons. The molecule has 0 aliphatic carbocycles. The summed E-state index contributed by atoms with van der Waals surface area (Å²) in [6, 6.07) is 14.7. The molecule has 0 atom stereocenters. The molecule has 0 aliphatic rings. The zero-order chi connectivity index (χ0) is 18.5. The number of anilines is 2. The maximum atomic E-state index is 12.3. The number of aromatic nitrogens is 1. The predicted molar refractivity (Wildman–Crippen MR) is 105 cm³/mol. The van der Waals surface area contributed by atoms with Gasteiger partial charge >= 0.3 is 0 Å². The summed E-state index contributed by atoms with van der Waals surface area (Å²) >= 11 is 1.30. The molecule has 2 aromatic carbocycles. The van der Waals surface area contributed by atoms with E-state index in [9.17, 15) is 9.59 Å². The average Bonchev–Trinajstić information content (AvgIpc) is 3.06. The standard InChI is InChI=1S/C20H19N3O2S/c1-13-7-6-10-17(14(13)2)22-18(24)11-16-12-26-20(21-16)23-19(25)15-8-4-3-5-9-15/h3-10,12H,11H2,1-2H3,(H,22,24)(H,21,23,25). The molecule has 0 bridgehead atoms. The van der Waals surface area contributed by atoms with Crippen LogP contribution in [0.3, 0.4) is 0 Å². The summed E-state index contributed by atoms with van der Waals surface area (Å²) in [5, 5.41) is 7.93. The van der Waals surface area contributed by atoms with Crippen molar-refractivity contribution in [1.29, 1.82) is 0 Å². The maximum Gasteiger partial charge on any atom is 0.257 e.